The molecule has 0 N–H and O–H groups in total. The Bertz CT molecular complexity index is 3530. The molecule has 0 bridgehead atoms. The average molecular weight is 825 g/mol. The topological polar surface area (TPSA) is 77.8 Å². The number of rotatable bonds is 8. The molecule has 3 aromatic heterocycles. The van der Waals surface area contributed by atoms with Crippen molar-refractivity contribution < 1.29 is 8.83 Å². The van der Waals surface area contributed by atoms with E-state index in [-0.39, 0.29) is 0 Å². The number of hydrogen-bond acceptors (Lipinski definition) is 6. The standard InChI is InChI=1S/C56H36N4O2Si/c1-5-17-38(18-6-1)56-57-48-34-33-37-31-32-40(36-47(37)52(48)62-56)54-58-53(59-55(60-54)46-28-16-30-50-51(46)45-27-13-14-29-49(45)61-50)39-19-15-26-44(35-39)63(41-20-7-2-8-21-41,42-22-9-3-10-23-42)43-24-11-4-12-25-43/h1-36H. The molecule has 0 amide bonds. The molecule has 9 aromatic carbocycles. The van der Waals surface area contributed by atoms with Crippen molar-refractivity contribution in [3.8, 4) is 45.6 Å². The van der Waals surface area contributed by atoms with Crippen LogP contribution in [-0.2, 0) is 0 Å². The van der Waals surface area contributed by atoms with E-state index in [2.05, 4.69) is 152 Å². The number of hydrogen-bond donors (Lipinski definition) is 0. The smallest absolute Gasteiger partial charge is 0.227 e. The third-order valence-corrected chi connectivity index (χ3v) is 16.9. The number of oxazole rings is 1. The lowest BCUT2D eigenvalue weighted by atomic mass is 10.0. The fourth-order valence-electron chi connectivity index (χ4n) is 9.22. The normalized spacial score (nSPS) is 11.8. The van der Waals surface area contributed by atoms with Gasteiger partial charge in [0, 0.05) is 38.4 Å². The number of para-hydroxylation sites is 1. The maximum absolute atomic E-state index is 6.51. The van der Waals surface area contributed by atoms with Crippen LogP contribution in [-0.4, -0.2) is 28.0 Å². The van der Waals surface area contributed by atoms with Crippen LogP contribution in [0.2, 0.25) is 0 Å². The lowest BCUT2D eigenvalue weighted by Crippen LogP contribution is -2.74. The van der Waals surface area contributed by atoms with Gasteiger partial charge >= 0.3 is 0 Å². The maximum atomic E-state index is 6.51. The highest BCUT2D eigenvalue weighted by molar-refractivity contribution is 7.19. The van der Waals surface area contributed by atoms with Gasteiger partial charge in [0.1, 0.15) is 16.7 Å². The molecular formula is C56H36N4O2Si. The lowest BCUT2D eigenvalue weighted by Gasteiger charge is -2.34. The summed E-state index contributed by atoms with van der Waals surface area (Å²) in [4.78, 5) is 20.8. The van der Waals surface area contributed by atoms with Crippen LogP contribution in [0.4, 0.5) is 0 Å². The molecule has 0 atom stereocenters. The van der Waals surface area contributed by atoms with Gasteiger partial charge in [0.25, 0.3) is 0 Å². The van der Waals surface area contributed by atoms with E-state index in [4.69, 9.17) is 28.8 Å². The summed E-state index contributed by atoms with van der Waals surface area (Å²) in [6.07, 6.45) is 0. The lowest BCUT2D eigenvalue weighted by molar-refractivity contribution is 0.623. The van der Waals surface area contributed by atoms with Crippen LogP contribution in [0, 0.1) is 0 Å². The third-order valence-electron chi connectivity index (χ3n) is 12.1. The first kappa shape index (κ1) is 36.6. The van der Waals surface area contributed by atoms with E-state index >= 15 is 0 Å². The zero-order valence-electron chi connectivity index (χ0n) is 33.9. The molecule has 0 unspecified atom stereocenters. The zero-order chi connectivity index (χ0) is 41.7. The van der Waals surface area contributed by atoms with Gasteiger partial charge < -0.3 is 8.83 Å². The van der Waals surface area contributed by atoms with E-state index in [1.807, 2.05) is 66.7 Å². The van der Waals surface area contributed by atoms with Gasteiger partial charge in [-0.3, -0.25) is 0 Å². The summed E-state index contributed by atoms with van der Waals surface area (Å²) in [5.74, 6) is 2.25. The van der Waals surface area contributed by atoms with Gasteiger partial charge in [-0.15, -0.1) is 0 Å². The van der Waals surface area contributed by atoms with Crippen LogP contribution < -0.4 is 20.7 Å². The number of aromatic nitrogens is 4. The molecular weight excluding hydrogens is 789 g/mol. The first-order valence-corrected chi connectivity index (χ1v) is 23.0. The number of fused-ring (bicyclic) bond motifs is 6. The Labute approximate surface area is 363 Å². The predicted molar refractivity (Wildman–Crippen MR) is 258 cm³/mol. The molecule has 6 nitrogen and oxygen atoms in total. The van der Waals surface area contributed by atoms with Crippen LogP contribution in [0.3, 0.4) is 0 Å². The average Bonchev–Trinajstić information content (AvgIpc) is 3.98. The van der Waals surface area contributed by atoms with Crippen LogP contribution >= 0.6 is 0 Å². The molecule has 0 fully saturated rings. The van der Waals surface area contributed by atoms with Crippen molar-refractivity contribution in [1.82, 2.24) is 19.9 Å². The molecule has 0 aliphatic heterocycles. The summed E-state index contributed by atoms with van der Waals surface area (Å²) in [7, 11) is -2.86. The van der Waals surface area contributed by atoms with Crippen molar-refractivity contribution in [2.24, 2.45) is 0 Å². The van der Waals surface area contributed by atoms with E-state index in [1.54, 1.807) is 0 Å². The quantitative estimate of drug-likeness (QED) is 0.112. The Morgan fingerprint density at radius 1 is 0.349 bits per heavy atom. The van der Waals surface area contributed by atoms with Gasteiger partial charge in [0.05, 0.1) is 0 Å². The molecule has 0 aliphatic carbocycles. The van der Waals surface area contributed by atoms with Crippen LogP contribution in [0.5, 0.6) is 0 Å². The maximum Gasteiger partial charge on any atom is 0.227 e. The monoisotopic (exact) mass is 824 g/mol. The molecule has 63 heavy (non-hydrogen) atoms. The minimum atomic E-state index is -2.86. The van der Waals surface area contributed by atoms with Crippen LogP contribution in [0.25, 0.3) is 89.4 Å². The number of benzene rings is 9. The first-order valence-electron chi connectivity index (χ1n) is 21.0. The highest BCUT2D eigenvalue weighted by Gasteiger charge is 2.41. The van der Waals surface area contributed by atoms with Crippen molar-refractivity contribution in [3.05, 3.63) is 218 Å². The van der Waals surface area contributed by atoms with E-state index in [9.17, 15) is 0 Å². The van der Waals surface area contributed by atoms with Crippen LogP contribution in [0.15, 0.2) is 227 Å². The Morgan fingerprint density at radius 3 is 1.59 bits per heavy atom. The molecule has 0 saturated heterocycles. The molecule has 0 saturated carbocycles. The second-order valence-corrected chi connectivity index (χ2v) is 19.6. The van der Waals surface area contributed by atoms with Crippen molar-refractivity contribution in [3.63, 3.8) is 0 Å². The molecule has 12 rings (SSSR count). The predicted octanol–water partition coefficient (Wildman–Crippen LogP) is 11.1. The van der Waals surface area contributed by atoms with Crippen molar-refractivity contribution in [2.45, 2.75) is 0 Å². The van der Waals surface area contributed by atoms with E-state index in [0.717, 1.165) is 60.5 Å². The fraction of sp³-hybridized carbons (Fsp3) is 0. The molecule has 0 radical (unpaired) electrons. The summed E-state index contributed by atoms with van der Waals surface area (Å²) in [6.45, 7) is 0. The van der Waals surface area contributed by atoms with Crippen LogP contribution in [0.1, 0.15) is 0 Å². The van der Waals surface area contributed by atoms with E-state index in [1.165, 1.54) is 20.7 Å². The number of furan rings is 1. The molecule has 296 valence electrons. The van der Waals surface area contributed by atoms with Gasteiger partial charge in [-0.05, 0) is 62.5 Å². The highest BCUT2D eigenvalue weighted by atomic mass is 28.3. The molecule has 0 spiro atoms. The Balaban J connectivity index is 1.10. The van der Waals surface area contributed by atoms with Crippen molar-refractivity contribution >= 4 is 72.6 Å². The second-order valence-electron chi connectivity index (χ2n) is 15.7. The van der Waals surface area contributed by atoms with Gasteiger partial charge in [-0.25, -0.2) is 19.9 Å². The van der Waals surface area contributed by atoms with Crippen molar-refractivity contribution in [1.29, 1.82) is 0 Å². The molecule has 7 heteroatoms. The highest BCUT2D eigenvalue weighted by Crippen LogP contribution is 2.37. The minimum Gasteiger partial charge on any atom is -0.456 e. The largest absolute Gasteiger partial charge is 0.456 e. The van der Waals surface area contributed by atoms with E-state index in [0.29, 0.717) is 28.9 Å². The fourth-order valence-corrected chi connectivity index (χ4v) is 14.0. The molecule has 3 heterocycles. The summed E-state index contributed by atoms with van der Waals surface area (Å²) < 4.78 is 12.9. The van der Waals surface area contributed by atoms with E-state index < -0.39 is 8.07 Å². The third kappa shape index (κ3) is 6.17. The Hall–Kier alpha value is -8.26. The Kier molecular flexibility index (Phi) is 8.72. The van der Waals surface area contributed by atoms with Gasteiger partial charge in [0.2, 0.25) is 5.89 Å². The summed E-state index contributed by atoms with van der Waals surface area (Å²) in [5.41, 5.74) is 6.61. The minimum absolute atomic E-state index is 0.546. The van der Waals surface area contributed by atoms with Gasteiger partial charge in [-0.2, -0.15) is 0 Å². The molecule has 0 aliphatic rings. The van der Waals surface area contributed by atoms with Gasteiger partial charge in [-0.1, -0.05) is 182 Å². The molecule has 12 aromatic rings. The zero-order valence-corrected chi connectivity index (χ0v) is 34.9. The number of nitrogens with zero attached hydrogens (tertiary/aromatic N) is 4. The first-order chi connectivity index (χ1) is 31.2. The Morgan fingerprint density at radius 2 is 0.889 bits per heavy atom. The summed E-state index contributed by atoms with van der Waals surface area (Å²) in [5, 5.41) is 9.03. The summed E-state index contributed by atoms with van der Waals surface area (Å²) in [6, 6.07) is 76.3. The summed E-state index contributed by atoms with van der Waals surface area (Å²) >= 11 is 0. The SMILES string of the molecule is c1ccc(-c2nc3ccc4ccc(-c5nc(-c6cccc([Si](c7ccccc7)(c7ccccc7)c7ccccc7)c6)nc(-c6cccc7oc8ccccc8c67)n5)cc4c3o2)cc1. The van der Waals surface area contributed by atoms with Crippen molar-refractivity contribution in [2.75, 3.05) is 0 Å². The second kappa shape index (κ2) is 15.0. The van der Waals surface area contributed by atoms with Gasteiger partial charge in [0.15, 0.2) is 31.1 Å².